The zero-order valence-corrected chi connectivity index (χ0v) is 12.2. The zero-order chi connectivity index (χ0) is 14.9. The Labute approximate surface area is 124 Å². The summed E-state index contributed by atoms with van der Waals surface area (Å²) in [5, 5.41) is 14.6. The van der Waals surface area contributed by atoms with Gasteiger partial charge in [0.1, 0.15) is 6.61 Å². The van der Waals surface area contributed by atoms with Gasteiger partial charge in [0.2, 0.25) is 0 Å². The van der Waals surface area contributed by atoms with E-state index < -0.39 is 5.97 Å². The Morgan fingerprint density at radius 1 is 1.38 bits per heavy atom. The molecule has 21 heavy (non-hydrogen) atoms. The van der Waals surface area contributed by atoms with E-state index in [2.05, 4.69) is 10.1 Å². The number of aliphatic carboxylic acids is 1. The largest absolute Gasteiger partial charge is 0.550 e. The molecule has 0 unspecified atom stereocenters. The van der Waals surface area contributed by atoms with Crippen molar-refractivity contribution in [1.29, 1.82) is 0 Å². The fourth-order valence-corrected chi connectivity index (χ4v) is 2.65. The van der Waals surface area contributed by atoms with Crippen LogP contribution in [-0.4, -0.2) is 27.8 Å². The Kier molecular flexibility index (Phi) is 6.24. The molecule has 6 nitrogen and oxygen atoms in total. The van der Waals surface area contributed by atoms with E-state index in [4.69, 9.17) is 4.84 Å². The number of carboxylic acid groups (broad SMARTS) is 1. The first-order chi connectivity index (χ1) is 10.3. The van der Waals surface area contributed by atoms with E-state index in [1.807, 2.05) is 10.8 Å². The smallest absolute Gasteiger partial charge is 0.117 e. The number of hydrogen-bond acceptors (Lipinski definition) is 5. The molecule has 0 radical (unpaired) electrons. The van der Waals surface area contributed by atoms with Gasteiger partial charge in [0, 0.05) is 24.3 Å². The van der Waals surface area contributed by atoms with E-state index in [-0.39, 0.29) is 6.42 Å². The van der Waals surface area contributed by atoms with Gasteiger partial charge in [0.05, 0.1) is 18.6 Å². The Morgan fingerprint density at radius 2 is 2.19 bits per heavy atom. The molecular weight excluding hydrogens is 270 g/mol. The monoisotopic (exact) mass is 292 g/mol. The van der Waals surface area contributed by atoms with Crippen LogP contribution in [0.4, 0.5) is 0 Å². The van der Waals surface area contributed by atoms with Crippen molar-refractivity contribution in [3.05, 3.63) is 18.7 Å². The molecule has 0 aliphatic heterocycles. The Balaban J connectivity index is 1.88. The molecule has 0 amide bonds. The lowest BCUT2D eigenvalue weighted by Gasteiger charge is -2.23. The first-order valence-corrected chi connectivity index (χ1v) is 7.60. The number of rotatable bonds is 8. The third-order valence-corrected chi connectivity index (χ3v) is 3.78. The number of aromatic nitrogens is 2. The number of imidazole rings is 1. The molecule has 0 spiro atoms. The van der Waals surface area contributed by atoms with Crippen molar-refractivity contribution in [2.75, 3.05) is 6.61 Å². The number of hydrogen-bond donors (Lipinski definition) is 0. The average Bonchev–Trinajstić information content (AvgIpc) is 2.99. The summed E-state index contributed by atoms with van der Waals surface area (Å²) < 4.78 is 1.98. The van der Waals surface area contributed by atoms with Crippen LogP contribution in [0.5, 0.6) is 0 Å². The number of carboxylic acids is 1. The van der Waals surface area contributed by atoms with Gasteiger partial charge in [-0.1, -0.05) is 24.4 Å². The lowest BCUT2D eigenvalue weighted by atomic mass is 9.86. The summed E-state index contributed by atoms with van der Waals surface area (Å²) in [4.78, 5) is 19.7. The van der Waals surface area contributed by atoms with E-state index in [0.29, 0.717) is 25.5 Å². The summed E-state index contributed by atoms with van der Waals surface area (Å²) in [5.41, 5.74) is 1.03. The first kappa shape index (κ1) is 15.5. The van der Waals surface area contributed by atoms with Crippen LogP contribution in [-0.2, 0) is 16.2 Å². The van der Waals surface area contributed by atoms with E-state index in [1.54, 1.807) is 12.5 Å². The maximum absolute atomic E-state index is 10.3. The molecule has 1 aromatic rings. The van der Waals surface area contributed by atoms with E-state index >= 15 is 0 Å². The van der Waals surface area contributed by atoms with Crippen molar-refractivity contribution < 1.29 is 14.7 Å². The van der Waals surface area contributed by atoms with Crippen LogP contribution < -0.4 is 5.11 Å². The molecule has 6 heteroatoms. The number of nitrogens with zero attached hydrogens (tertiary/aromatic N) is 3. The second kappa shape index (κ2) is 8.44. The first-order valence-electron chi connectivity index (χ1n) is 7.60. The van der Waals surface area contributed by atoms with E-state index in [0.717, 1.165) is 18.6 Å². The highest BCUT2D eigenvalue weighted by Crippen LogP contribution is 2.25. The van der Waals surface area contributed by atoms with Gasteiger partial charge < -0.3 is 19.3 Å². The molecular formula is C15H22N3O3-. The fourth-order valence-electron chi connectivity index (χ4n) is 2.65. The Morgan fingerprint density at radius 3 is 2.86 bits per heavy atom. The lowest BCUT2D eigenvalue weighted by molar-refractivity contribution is -0.305. The summed E-state index contributed by atoms with van der Waals surface area (Å²) in [6, 6.07) is 0. The second-order valence-corrected chi connectivity index (χ2v) is 5.46. The predicted molar refractivity (Wildman–Crippen MR) is 76.4 cm³/mol. The lowest BCUT2D eigenvalue weighted by Crippen LogP contribution is -2.23. The summed E-state index contributed by atoms with van der Waals surface area (Å²) in [6.07, 6.45) is 11.9. The number of carbonyl (C=O) groups is 1. The molecule has 1 saturated carbocycles. The predicted octanol–water partition coefficient (Wildman–Crippen LogP) is 1.37. The van der Waals surface area contributed by atoms with Gasteiger partial charge in [-0.15, -0.1) is 0 Å². The van der Waals surface area contributed by atoms with Gasteiger partial charge in [0.15, 0.2) is 0 Å². The van der Waals surface area contributed by atoms with Gasteiger partial charge in [-0.3, -0.25) is 0 Å². The normalized spacial score (nSPS) is 16.9. The van der Waals surface area contributed by atoms with Crippen molar-refractivity contribution in [3.8, 4) is 0 Å². The van der Waals surface area contributed by atoms with Gasteiger partial charge in [-0.25, -0.2) is 4.98 Å². The van der Waals surface area contributed by atoms with Crippen LogP contribution in [0.15, 0.2) is 23.9 Å². The van der Waals surface area contributed by atoms with Gasteiger partial charge in [0.25, 0.3) is 0 Å². The standard InChI is InChI=1S/C15H23N3O3/c19-15(20)7-4-10-21-17-14(11-18-9-8-16-12-18)13-5-2-1-3-6-13/h8-9,12-13H,1-7,10-11H2,(H,19,20)/p-1/b17-14-. The van der Waals surface area contributed by atoms with E-state index in [9.17, 15) is 9.90 Å². The van der Waals surface area contributed by atoms with Crippen LogP contribution in [0.1, 0.15) is 44.9 Å². The van der Waals surface area contributed by atoms with Crippen molar-refractivity contribution in [2.45, 2.75) is 51.5 Å². The van der Waals surface area contributed by atoms with Gasteiger partial charge in [-0.2, -0.15) is 0 Å². The third kappa shape index (κ3) is 5.57. The molecule has 0 aromatic carbocycles. The molecule has 0 N–H and O–H groups in total. The maximum atomic E-state index is 10.3. The molecule has 0 bridgehead atoms. The summed E-state index contributed by atoms with van der Waals surface area (Å²) in [6.45, 7) is 0.999. The fraction of sp³-hybridized carbons (Fsp3) is 0.667. The highest BCUT2D eigenvalue weighted by molar-refractivity contribution is 5.86. The molecule has 1 aliphatic rings. The van der Waals surface area contributed by atoms with Crippen molar-refractivity contribution >= 4 is 11.7 Å². The molecule has 0 atom stereocenters. The van der Waals surface area contributed by atoms with Crippen molar-refractivity contribution in [1.82, 2.24) is 9.55 Å². The van der Waals surface area contributed by atoms with Crippen LogP contribution in [0.3, 0.4) is 0 Å². The van der Waals surface area contributed by atoms with Gasteiger partial charge >= 0.3 is 0 Å². The van der Waals surface area contributed by atoms with Crippen molar-refractivity contribution in [3.63, 3.8) is 0 Å². The highest BCUT2D eigenvalue weighted by atomic mass is 16.6. The Bertz CT molecular complexity index is 451. The SMILES string of the molecule is O=C([O-])CCCO/N=C(/Cn1ccnc1)C1CCCCC1. The molecule has 0 saturated heterocycles. The van der Waals surface area contributed by atoms with Gasteiger partial charge in [-0.05, 0) is 25.7 Å². The van der Waals surface area contributed by atoms with E-state index in [1.165, 1.54) is 19.3 Å². The molecule has 2 rings (SSSR count). The highest BCUT2D eigenvalue weighted by Gasteiger charge is 2.20. The maximum Gasteiger partial charge on any atom is 0.117 e. The molecule has 1 heterocycles. The van der Waals surface area contributed by atoms with Crippen molar-refractivity contribution in [2.24, 2.45) is 11.1 Å². The number of carbonyl (C=O) groups excluding carboxylic acids is 1. The Hall–Kier alpha value is -1.85. The minimum atomic E-state index is -1.05. The van der Waals surface area contributed by atoms with Crippen LogP contribution in [0, 0.1) is 5.92 Å². The minimum Gasteiger partial charge on any atom is -0.550 e. The van der Waals surface area contributed by atoms with Crippen LogP contribution in [0.25, 0.3) is 0 Å². The molecule has 1 aliphatic carbocycles. The molecule has 116 valence electrons. The molecule has 1 aromatic heterocycles. The summed E-state index contributed by atoms with van der Waals surface area (Å²) in [7, 11) is 0. The second-order valence-electron chi connectivity index (χ2n) is 5.46. The topological polar surface area (TPSA) is 79.5 Å². The third-order valence-electron chi connectivity index (χ3n) is 3.78. The number of oxime groups is 1. The van der Waals surface area contributed by atoms with Crippen LogP contribution >= 0.6 is 0 Å². The van der Waals surface area contributed by atoms with Crippen LogP contribution in [0.2, 0.25) is 0 Å². The zero-order valence-electron chi connectivity index (χ0n) is 12.2. The minimum absolute atomic E-state index is 0.00972. The molecule has 1 fully saturated rings. The average molecular weight is 292 g/mol. The quantitative estimate of drug-likeness (QED) is 0.412. The summed E-state index contributed by atoms with van der Waals surface area (Å²) >= 11 is 0. The summed E-state index contributed by atoms with van der Waals surface area (Å²) in [5.74, 6) is -0.587.